The Balaban J connectivity index is 1.33. The first-order chi connectivity index (χ1) is 19.9. The number of carbonyl (C=O) groups excluding carboxylic acids is 3. The number of benzene rings is 4. The number of anilines is 2. The van der Waals surface area contributed by atoms with E-state index in [2.05, 4.69) is 29.6 Å². The van der Waals surface area contributed by atoms with Crippen LogP contribution in [0.3, 0.4) is 0 Å². The monoisotopic (exact) mass is 544 g/mol. The Morgan fingerprint density at radius 2 is 1.41 bits per heavy atom. The maximum absolute atomic E-state index is 14.5. The van der Waals surface area contributed by atoms with Gasteiger partial charge in [-0.05, 0) is 53.4 Å². The van der Waals surface area contributed by atoms with E-state index < -0.39 is 17.2 Å². The Morgan fingerprint density at radius 3 is 2.05 bits per heavy atom. The number of para-hydroxylation sites is 1. The Morgan fingerprint density at radius 1 is 0.805 bits per heavy atom. The molecule has 0 aromatic heterocycles. The van der Waals surface area contributed by atoms with Crippen LogP contribution in [0.1, 0.15) is 51.4 Å². The van der Waals surface area contributed by atoms with E-state index >= 15 is 0 Å². The number of nitrogens with one attached hydrogen (secondary N) is 1. The first kappa shape index (κ1) is 25.1. The van der Waals surface area contributed by atoms with Crippen molar-refractivity contribution in [2.75, 3.05) is 24.4 Å². The predicted molar refractivity (Wildman–Crippen MR) is 155 cm³/mol. The number of nitrogens with zero attached hydrogens (tertiary/aromatic N) is 1. The summed E-state index contributed by atoms with van der Waals surface area (Å²) in [5.74, 6) is -1.14. The minimum absolute atomic E-state index is 0.212. The molecule has 0 radical (unpaired) electrons. The van der Waals surface area contributed by atoms with Crippen molar-refractivity contribution in [1.82, 2.24) is 0 Å². The maximum atomic E-state index is 14.5. The Kier molecular flexibility index (Phi) is 5.54. The quantitative estimate of drug-likeness (QED) is 0.324. The molecule has 4 aromatic rings. The molecule has 3 amide bonds. The molecule has 7 nitrogen and oxygen atoms in total. The number of imide groups is 1. The highest BCUT2D eigenvalue weighted by atomic mass is 16.5. The van der Waals surface area contributed by atoms with Crippen LogP contribution in [0.25, 0.3) is 0 Å². The summed E-state index contributed by atoms with van der Waals surface area (Å²) in [7, 11) is 3.05. The average Bonchev–Trinajstić information content (AvgIpc) is 3.21. The third-order valence-corrected chi connectivity index (χ3v) is 9.06. The topological polar surface area (TPSA) is 84.9 Å². The molecule has 1 N–H and O–H groups in total. The fourth-order valence-corrected chi connectivity index (χ4v) is 7.31. The van der Waals surface area contributed by atoms with Gasteiger partial charge in [0, 0.05) is 17.9 Å². The van der Waals surface area contributed by atoms with Crippen LogP contribution in [0.2, 0.25) is 0 Å². The first-order valence-corrected chi connectivity index (χ1v) is 13.6. The molecule has 0 unspecified atom stereocenters. The molecule has 0 saturated carbocycles. The summed E-state index contributed by atoms with van der Waals surface area (Å²) in [5, 5.41) is 2.88. The lowest BCUT2D eigenvalue weighted by molar-refractivity contribution is -0.128. The summed E-state index contributed by atoms with van der Waals surface area (Å²) in [6, 6.07) is 28.1. The standard InChI is InChI=1S/C34H28N2O5/c1-34-29-22-12-6-4-10-20(22)28(21-11-5-7-13-23(21)29)30(34)32(38)36(33(34)39)26-15-9-8-14-24(26)31(37)35-25-18-19(40-2)16-17-27(25)41-3/h4-18,28-30H,1-3H3,(H,35,37)/t28?,29?,30-,34-/m0/s1. The van der Waals surface area contributed by atoms with Crippen LogP contribution >= 0.6 is 0 Å². The van der Waals surface area contributed by atoms with E-state index in [1.54, 1.807) is 42.5 Å². The minimum Gasteiger partial charge on any atom is -0.497 e. The lowest BCUT2D eigenvalue weighted by Crippen LogP contribution is -2.49. The molecular weight excluding hydrogens is 516 g/mol. The second-order valence-corrected chi connectivity index (χ2v) is 10.9. The molecule has 204 valence electrons. The Hall–Kier alpha value is -4.91. The van der Waals surface area contributed by atoms with E-state index in [1.165, 1.54) is 19.1 Å². The molecule has 4 aromatic carbocycles. The van der Waals surface area contributed by atoms with E-state index in [4.69, 9.17) is 9.47 Å². The molecular formula is C34H28N2O5. The maximum Gasteiger partial charge on any atom is 0.257 e. The normalized spacial score (nSPS) is 23.5. The van der Waals surface area contributed by atoms with Crippen LogP contribution in [0.5, 0.6) is 11.5 Å². The zero-order valence-corrected chi connectivity index (χ0v) is 22.9. The summed E-state index contributed by atoms with van der Waals surface area (Å²) in [4.78, 5) is 43.9. The lowest BCUT2D eigenvalue weighted by Gasteiger charge is -2.51. The summed E-state index contributed by atoms with van der Waals surface area (Å²) in [6.07, 6.45) is 0. The summed E-state index contributed by atoms with van der Waals surface area (Å²) < 4.78 is 10.7. The molecule has 8 rings (SSSR count). The van der Waals surface area contributed by atoms with Crippen LogP contribution in [0.15, 0.2) is 91.0 Å². The summed E-state index contributed by atoms with van der Waals surface area (Å²) in [6.45, 7) is 1.92. The van der Waals surface area contributed by atoms with Crippen molar-refractivity contribution in [2.24, 2.45) is 11.3 Å². The van der Waals surface area contributed by atoms with Crippen LogP contribution in [0, 0.1) is 11.3 Å². The molecule has 1 heterocycles. The molecule has 4 aliphatic rings. The van der Waals surface area contributed by atoms with Gasteiger partial charge < -0.3 is 14.8 Å². The zero-order valence-electron chi connectivity index (χ0n) is 22.9. The zero-order chi connectivity index (χ0) is 28.5. The van der Waals surface area contributed by atoms with Gasteiger partial charge in [-0.3, -0.25) is 14.4 Å². The average molecular weight is 545 g/mol. The molecule has 1 aliphatic heterocycles. The van der Waals surface area contributed by atoms with E-state index in [0.29, 0.717) is 17.2 Å². The second kappa shape index (κ2) is 9.06. The molecule has 2 atom stereocenters. The highest BCUT2D eigenvalue weighted by molar-refractivity contribution is 6.27. The largest absolute Gasteiger partial charge is 0.497 e. The van der Waals surface area contributed by atoms with Gasteiger partial charge in [0.05, 0.1) is 42.5 Å². The van der Waals surface area contributed by atoms with Gasteiger partial charge in [0.15, 0.2) is 0 Å². The Bertz CT molecular complexity index is 1720. The number of methoxy groups -OCH3 is 2. The van der Waals surface area contributed by atoms with Gasteiger partial charge >= 0.3 is 0 Å². The van der Waals surface area contributed by atoms with Gasteiger partial charge in [0.2, 0.25) is 11.8 Å². The van der Waals surface area contributed by atoms with Crippen molar-refractivity contribution in [3.8, 4) is 11.5 Å². The third-order valence-electron chi connectivity index (χ3n) is 9.06. The van der Waals surface area contributed by atoms with Crippen molar-refractivity contribution >= 4 is 29.1 Å². The first-order valence-electron chi connectivity index (χ1n) is 13.6. The van der Waals surface area contributed by atoms with Gasteiger partial charge in [-0.1, -0.05) is 60.7 Å². The van der Waals surface area contributed by atoms with E-state index in [-0.39, 0.29) is 34.9 Å². The fourth-order valence-electron chi connectivity index (χ4n) is 7.31. The van der Waals surface area contributed by atoms with Gasteiger partial charge in [0.1, 0.15) is 11.5 Å². The van der Waals surface area contributed by atoms with Crippen LogP contribution in [-0.4, -0.2) is 31.9 Å². The van der Waals surface area contributed by atoms with Crippen molar-refractivity contribution in [3.05, 3.63) is 119 Å². The number of rotatable bonds is 5. The highest BCUT2D eigenvalue weighted by Gasteiger charge is 2.69. The van der Waals surface area contributed by atoms with Gasteiger partial charge in [-0.25, -0.2) is 4.90 Å². The second-order valence-electron chi connectivity index (χ2n) is 10.9. The van der Waals surface area contributed by atoms with Gasteiger partial charge in [0.25, 0.3) is 5.91 Å². The SMILES string of the molecule is COc1ccc(OC)c(NC(=O)c2ccccc2N2C(=O)[C@@H]3C4c5ccccc5C(c5ccccc54)[C@]3(C)C2=O)c1. The number of hydrogen-bond donors (Lipinski definition) is 1. The number of hydrogen-bond acceptors (Lipinski definition) is 5. The van der Waals surface area contributed by atoms with E-state index in [1.807, 2.05) is 31.2 Å². The fraction of sp³-hybridized carbons (Fsp3) is 0.206. The van der Waals surface area contributed by atoms with Crippen LogP contribution in [0.4, 0.5) is 11.4 Å². The molecule has 1 fully saturated rings. The van der Waals surface area contributed by atoms with Crippen molar-refractivity contribution < 1.29 is 23.9 Å². The number of amides is 3. The number of carbonyl (C=O) groups is 3. The molecule has 2 bridgehead atoms. The van der Waals surface area contributed by atoms with Gasteiger partial charge in [-0.15, -0.1) is 0 Å². The molecule has 7 heteroatoms. The van der Waals surface area contributed by atoms with Crippen LogP contribution in [-0.2, 0) is 9.59 Å². The molecule has 41 heavy (non-hydrogen) atoms. The van der Waals surface area contributed by atoms with Crippen molar-refractivity contribution in [3.63, 3.8) is 0 Å². The smallest absolute Gasteiger partial charge is 0.257 e. The highest BCUT2D eigenvalue weighted by Crippen LogP contribution is 2.67. The summed E-state index contributed by atoms with van der Waals surface area (Å²) in [5.41, 5.74) is 4.27. The lowest BCUT2D eigenvalue weighted by atomic mass is 9.48. The molecule has 3 aliphatic carbocycles. The van der Waals surface area contributed by atoms with E-state index in [9.17, 15) is 14.4 Å². The minimum atomic E-state index is -0.996. The van der Waals surface area contributed by atoms with Crippen molar-refractivity contribution in [2.45, 2.75) is 18.8 Å². The predicted octanol–water partition coefficient (Wildman–Crippen LogP) is 5.74. The summed E-state index contributed by atoms with van der Waals surface area (Å²) >= 11 is 0. The number of ether oxygens (including phenoxy) is 2. The van der Waals surface area contributed by atoms with Crippen LogP contribution < -0.4 is 19.7 Å². The third kappa shape index (κ3) is 3.35. The van der Waals surface area contributed by atoms with Crippen molar-refractivity contribution in [1.29, 1.82) is 0 Å². The van der Waals surface area contributed by atoms with Gasteiger partial charge in [-0.2, -0.15) is 0 Å². The molecule has 0 spiro atoms. The van der Waals surface area contributed by atoms with E-state index in [0.717, 1.165) is 22.3 Å². The molecule has 1 saturated heterocycles. The Labute approximate surface area is 237 Å².